The molecule has 1 saturated heterocycles. The van der Waals surface area contributed by atoms with Gasteiger partial charge in [-0.1, -0.05) is 0 Å². The highest BCUT2D eigenvalue weighted by Gasteiger charge is 2.28. The minimum atomic E-state index is 0.114. The normalized spacial score (nSPS) is 19.6. The number of hydrogen-bond donors (Lipinski definition) is 1. The Morgan fingerprint density at radius 3 is 2.65 bits per heavy atom. The van der Waals surface area contributed by atoms with Crippen LogP contribution in [0.1, 0.15) is 45.3 Å². The second-order valence-corrected chi connectivity index (χ2v) is 5.50. The summed E-state index contributed by atoms with van der Waals surface area (Å²) in [6.07, 6.45) is 4.18. The Morgan fingerprint density at radius 1 is 1.41 bits per heavy atom. The van der Waals surface area contributed by atoms with Crippen LogP contribution in [0, 0.1) is 6.92 Å². The van der Waals surface area contributed by atoms with Gasteiger partial charge in [0.2, 0.25) is 5.95 Å². The molecule has 0 aromatic carbocycles. The summed E-state index contributed by atoms with van der Waals surface area (Å²) in [5, 5.41) is 3.60. The van der Waals surface area contributed by atoms with Gasteiger partial charge in [0, 0.05) is 31.0 Å². The topological polar surface area (TPSA) is 39.1 Å². The molecular weight excluding hydrogens is 214 g/mol. The van der Waals surface area contributed by atoms with Crippen molar-refractivity contribution >= 4 is 5.95 Å². The number of imidazole rings is 1. The molecule has 2 heterocycles. The molecule has 0 radical (unpaired) electrons. The summed E-state index contributed by atoms with van der Waals surface area (Å²) < 4.78 is 7.62. The summed E-state index contributed by atoms with van der Waals surface area (Å²) >= 11 is 0. The lowest BCUT2D eigenvalue weighted by molar-refractivity contribution is 0.0654. The van der Waals surface area contributed by atoms with Crippen LogP contribution in [0.2, 0.25) is 0 Å². The molecule has 17 heavy (non-hydrogen) atoms. The molecule has 1 aromatic heterocycles. The molecule has 1 fully saturated rings. The number of nitrogens with one attached hydrogen (secondary N) is 1. The van der Waals surface area contributed by atoms with Crippen molar-refractivity contribution in [2.75, 3.05) is 18.5 Å². The van der Waals surface area contributed by atoms with Crippen molar-refractivity contribution in [2.45, 2.75) is 52.1 Å². The van der Waals surface area contributed by atoms with Crippen molar-refractivity contribution in [3.63, 3.8) is 0 Å². The molecule has 0 amide bonds. The predicted octanol–water partition coefficient (Wildman–Crippen LogP) is 2.75. The quantitative estimate of drug-likeness (QED) is 0.878. The van der Waals surface area contributed by atoms with Gasteiger partial charge in [0.05, 0.1) is 5.69 Å². The van der Waals surface area contributed by atoms with Crippen molar-refractivity contribution in [2.24, 2.45) is 0 Å². The fourth-order valence-electron chi connectivity index (χ4n) is 2.22. The number of aryl methyl sites for hydroxylation is 1. The van der Waals surface area contributed by atoms with E-state index in [0.717, 1.165) is 37.7 Å². The van der Waals surface area contributed by atoms with Gasteiger partial charge >= 0.3 is 0 Å². The molecule has 0 aliphatic carbocycles. The molecule has 4 heteroatoms. The van der Waals surface area contributed by atoms with Crippen LogP contribution in [0.4, 0.5) is 5.95 Å². The van der Waals surface area contributed by atoms with Crippen molar-refractivity contribution < 1.29 is 4.74 Å². The van der Waals surface area contributed by atoms with Crippen LogP contribution in [0.3, 0.4) is 0 Å². The van der Waals surface area contributed by atoms with E-state index in [2.05, 4.69) is 41.8 Å². The van der Waals surface area contributed by atoms with Crippen LogP contribution >= 0.6 is 0 Å². The Morgan fingerprint density at radius 2 is 2.06 bits per heavy atom. The fraction of sp³-hybridized carbons (Fsp3) is 0.769. The first-order valence-corrected chi connectivity index (χ1v) is 6.42. The number of ether oxygens (including phenoxy) is 1. The summed E-state index contributed by atoms with van der Waals surface area (Å²) in [5.74, 6) is 0.988. The first kappa shape index (κ1) is 12.4. The Kier molecular flexibility index (Phi) is 3.43. The van der Waals surface area contributed by atoms with E-state index in [4.69, 9.17) is 4.74 Å². The van der Waals surface area contributed by atoms with Crippen LogP contribution in [0.5, 0.6) is 0 Å². The van der Waals surface area contributed by atoms with E-state index in [0.29, 0.717) is 6.04 Å². The van der Waals surface area contributed by atoms with Crippen molar-refractivity contribution in [3.8, 4) is 0 Å². The smallest absolute Gasteiger partial charge is 0.203 e. The lowest BCUT2D eigenvalue weighted by atomic mass is 9.93. The zero-order chi connectivity index (χ0) is 12.5. The number of hydrogen-bond acceptors (Lipinski definition) is 3. The highest BCUT2D eigenvalue weighted by molar-refractivity contribution is 5.33. The van der Waals surface area contributed by atoms with Gasteiger partial charge in [-0.25, -0.2) is 4.98 Å². The second kappa shape index (κ2) is 4.69. The Bertz CT molecular complexity index is 378. The highest BCUT2D eigenvalue weighted by Crippen LogP contribution is 2.26. The maximum absolute atomic E-state index is 5.42. The Balaban J connectivity index is 2.17. The molecule has 0 unspecified atom stereocenters. The fourth-order valence-corrected chi connectivity index (χ4v) is 2.22. The summed E-state index contributed by atoms with van der Waals surface area (Å²) in [6.45, 7) is 10.3. The third kappa shape index (κ3) is 2.80. The van der Waals surface area contributed by atoms with Gasteiger partial charge in [-0.05, 0) is 40.5 Å². The molecule has 1 aliphatic heterocycles. The molecule has 1 N–H and O–H groups in total. The predicted molar refractivity (Wildman–Crippen MR) is 69.4 cm³/mol. The van der Waals surface area contributed by atoms with E-state index in [1.165, 1.54) is 0 Å². The Labute approximate surface area is 103 Å². The molecule has 2 rings (SSSR count). The summed E-state index contributed by atoms with van der Waals surface area (Å²) in [4.78, 5) is 4.58. The SMILES string of the molecule is Cc1cn(C(C)C)c(NC2(C)CCOCC2)n1. The van der Waals surface area contributed by atoms with E-state index in [1.807, 2.05) is 6.92 Å². The zero-order valence-corrected chi connectivity index (χ0v) is 11.3. The molecule has 1 aromatic rings. The molecule has 4 nitrogen and oxygen atoms in total. The molecule has 0 spiro atoms. The molecule has 96 valence electrons. The van der Waals surface area contributed by atoms with Crippen LogP contribution in [-0.2, 0) is 4.74 Å². The van der Waals surface area contributed by atoms with E-state index in [-0.39, 0.29) is 5.54 Å². The molecule has 0 bridgehead atoms. The van der Waals surface area contributed by atoms with E-state index < -0.39 is 0 Å². The van der Waals surface area contributed by atoms with Crippen molar-refractivity contribution in [1.29, 1.82) is 0 Å². The average Bonchev–Trinajstić information content (AvgIpc) is 2.59. The third-order valence-corrected chi connectivity index (χ3v) is 3.42. The number of aromatic nitrogens is 2. The van der Waals surface area contributed by atoms with Crippen LogP contribution in [0.25, 0.3) is 0 Å². The lowest BCUT2D eigenvalue weighted by Gasteiger charge is -2.35. The van der Waals surface area contributed by atoms with Crippen LogP contribution < -0.4 is 5.32 Å². The third-order valence-electron chi connectivity index (χ3n) is 3.42. The maximum Gasteiger partial charge on any atom is 0.203 e. The van der Waals surface area contributed by atoms with E-state index >= 15 is 0 Å². The monoisotopic (exact) mass is 237 g/mol. The first-order chi connectivity index (χ1) is 8.00. The van der Waals surface area contributed by atoms with Crippen molar-refractivity contribution in [3.05, 3.63) is 11.9 Å². The average molecular weight is 237 g/mol. The van der Waals surface area contributed by atoms with Gasteiger partial charge in [-0.3, -0.25) is 0 Å². The van der Waals surface area contributed by atoms with Gasteiger partial charge in [0.25, 0.3) is 0 Å². The van der Waals surface area contributed by atoms with Gasteiger partial charge in [-0.15, -0.1) is 0 Å². The van der Waals surface area contributed by atoms with Gasteiger partial charge < -0.3 is 14.6 Å². The molecular formula is C13H23N3O. The minimum Gasteiger partial charge on any atom is -0.381 e. The molecule has 0 saturated carbocycles. The number of anilines is 1. The minimum absolute atomic E-state index is 0.114. The van der Waals surface area contributed by atoms with E-state index in [9.17, 15) is 0 Å². The molecule has 1 aliphatic rings. The second-order valence-electron chi connectivity index (χ2n) is 5.50. The van der Waals surface area contributed by atoms with Gasteiger partial charge in [-0.2, -0.15) is 0 Å². The number of rotatable bonds is 3. The van der Waals surface area contributed by atoms with Gasteiger partial charge in [0.15, 0.2) is 0 Å². The summed E-state index contributed by atoms with van der Waals surface area (Å²) in [6, 6.07) is 0.433. The largest absolute Gasteiger partial charge is 0.381 e. The number of nitrogens with zero attached hydrogens (tertiary/aromatic N) is 2. The van der Waals surface area contributed by atoms with Crippen LogP contribution in [-0.4, -0.2) is 28.3 Å². The summed E-state index contributed by atoms with van der Waals surface area (Å²) in [7, 11) is 0. The maximum atomic E-state index is 5.42. The lowest BCUT2D eigenvalue weighted by Crippen LogP contribution is -2.41. The van der Waals surface area contributed by atoms with Gasteiger partial charge in [0.1, 0.15) is 0 Å². The van der Waals surface area contributed by atoms with E-state index in [1.54, 1.807) is 0 Å². The van der Waals surface area contributed by atoms with Crippen LogP contribution in [0.15, 0.2) is 6.20 Å². The zero-order valence-electron chi connectivity index (χ0n) is 11.3. The highest BCUT2D eigenvalue weighted by atomic mass is 16.5. The Hall–Kier alpha value is -1.03. The summed E-state index contributed by atoms with van der Waals surface area (Å²) in [5.41, 5.74) is 1.18. The standard InChI is InChI=1S/C13H23N3O/c1-10(2)16-9-11(3)14-12(16)15-13(4)5-7-17-8-6-13/h9-10H,5-8H2,1-4H3,(H,14,15). The van der Waals surface area contributed by atoms with Crippen molar-refractivity contribution in [1.82, 2.24) is 9.55 Å². The molecule has 0 atom stereocenters. The first-order valence-electron chi connectivity index (χ1n) is 6.42.